The van der Waals surface area contributed by atoms with Crippen molar-refractivity contribution in [3.8, 4) is 0 Å². The second-order valence-corrected chi connectivity index (χ2v) is 6.77. The summed E-state index contributed by atoms with van der Waals surface area (Å²) in [4.78, 5) is 28.1. The van der Waals surface area contributed by atoms with Crippen molar-refractivity contribution in [2.75, 3.05) is 24.5 Å². The number of amides is 2. The fourth-order valence-electron chi connectivity index (χ4n) is 3.18. The zero-order valence-electron chi connectivity index (χ0n) is 14.8. The average molecular weight is 316 g/mol. The lowest BCUT2D eigenvalue weighted by molar-refractivity contribution is -0.132. The van der Waals surface area contributed by atoms with Gasteiger partial charge in [0.05, 0.1) is 0 Å². The lowest BCUT2D eigenvalue weighted by atomic mass is 9.99. The fourth-order valence-corrected chi connectivity index (χ4v) is 3.18. The van der Waals surface area contributed by atoms with E-state index in [4.69, 9.17) is 0 Å². The molecule has 1 aromatic carbocycles. The molecule has 2 rings (SSSR count). The summed E-state index contributed by atoms with van der Waals surface area (Å²) in [6.45, 7) is 9.99. The quantitative estimate of drug-likeness (QED) is 0.855. The topological polar surface area (TPSA) is 40.6 Å². The second kappa shape index (κ2) is 7.62. The van der Waals surface area contributed by atoms with Crippen molar-refractivity contribution < 1.29 is 9.59 Å². The van der Waals surface area contributed by atoms with Crippen LogP contribution in [0.3, 0.4) is 0 Å². The number of carbonyl (C=O) groups excluding carboxylic acids is 2. The maximum absolute atomic E-state index is 12.4. The van der Waals surface area contributed by atoms with Crippen LogP contribution in [0.25, 0.3) is 0 Å². The van der Waals surface area contributed by atoms with Crippen molar-refractivity contribution in [3.63, 3.8) is 0 Å². The summed E-state index contributed by atoms with van der Waals surface area (Å²) in [6.07, 6.45) is 2.56. The van der Waals surface area contributed by atoms with Gasteiger partial charge in [0.2, 0.25) is 11.8 Å². The first-order chi connectivity index (χ1) is 10.9. The minimum absolute atomic E-state index is 0.0166. The van der Waals surface area contributed by atoms with Crippen LogP contribution in [0.1, 0.15) is 44.2 Å². The van der Waals surface area contributed by atoms with Crippen molar-refractivity contribution >= 4 is 17.5 Å². The van der Waals surface area contributed by atoms with Gasteiger partial charge in [-0.1, -0.05) is 24.6 Å². The summed E-state index contributed by atoms with van der Waals surface area (Å²) in [5.41, 5.74) is 3.15. The summed E-state index contributed by atoms with van der Waals surface area (Å²) < 4.78 is 0. The van der Waals surface area contributed by atoms with E-state index in [2.05, 4.69) is 13.0 Å². The molecule has 23 heavy (non-hydrogen) atoms. The normalized spacial score (nSPS) is 15.6. The van der Waals surface area contributed by atoms with Crippen molar-refractivity contribution in [3.05, 3.63) is 29.3 Å². The van der Waals surface area contributed by atoms with Gasteiger partial charge >= 0.3 is 0 Å². The van der Waals surface area contributed by atoms with Gasteiger partial charge in [-0.2, -0.15) is 0 Å². The van der Waals surface area contributed by atoms with E-state index in [0.717, 1.165) is 37.2 Å². The second-order valence-electron chi connectivity index (χ2n) is 6.77. The number of anilines is 1. The first-order valence-electron chi connectivity index (χ1n) is 8.51. The highest BCUT2D eigenvalue weighted by molar-refractivity contribution is 5.93. The van der Waals surface area contributed by atoms with E-state index in [1.165, 1.54) is 5.56 Å². The van der Waals surface area contributed by atoms with E-state index in [-0.39, 0.29) is 11.8 Å². The maximum Gasteiger partial charge on any atom is 0.224 e. The Morgan fingerprint density at radius 2 is 1.87 bits per heavy atom. The van der Waals surface area contributed by atoms with Gasteiger partial charge in [0.15, 0.2) is 0 Å². The van der Waals surface area contributed by atoms with Crippen molar-refractivity contribution in [2.24, 2.45) is 5.92 Å². The number of carbonyl (C=O) groups is 2. The smallest absolute Gasteiger partial charge is 0.224 e. The molecular weight excluding hydrogens is 288 g/mol. The highest BCUT2D eigenvalue weighted by Gasteiger charge is 2.22. The molecular formula is C19H28N2O2. The molecule has 1 aliphatic heterocycles. The van der Waals surface area contributed by atoms with Crippen LogP contribution in [-0.4, -0.2) is 36.3 Å². The van der Waals surface area contributed by atoms with Gasteiger partial charge < -0.3 is 9.80 Å². The molecule has 1 heterocycles. The minimum Gasteiger partial charge on any atom is -0.343 e. The largest absolute Gasteiger partial charge is 0.343 e. The number of nitrogens with zero attached hydrogens (tertiary/aromatic N) is 2. The van der Waals surface area contributed by atoms with Gasteiger partial charge in [-0.15, -0.1) is 0 Å². The third kappa shape index (κ3) is 4.57. The lowest BCUT2D eigenvalue weighted by Gasteiger charge is -2.31. The molecule has 0 atom stereocenters. The summed E-state index contributed by atoms with van der Waals surface area (Å²) in [5, 5.41) is 0. The molecule has 1 aliphatic rings. The fraction of sp³-hybridized carbons (Fsp3) is 0.579. The SMILES string of the molecule is CC(=O)N(CCC(=O)N1CCC(C)CC1)c1ccc(C)cc1C. The number of piperidine rings is 1. The molecule has 4 heteroatoms. The van der Waals surface area contributed by atoms with Gasteiger partial charge in [0, 0.05) is 38.7 Å². The molecule has 1 saturated heterocycles. The van der Waals surface area contributed by atoms with Gasteiger partial charge in [-0.3, -0.25) is 9.59 Å². The van der Waals surface area contributed by atoms with E-state index in [1.54, 1.807) is 11.8 Å². The lowest BCUT2D eigenvalue weighted by Crippen LogP contribution is -2.40. The van der Waals surface area contributed by atoms with Gasteiger partial charge in [-0.05, 0) is 44.2 Å². The molecule has 126 valence electrons. The summed E-state index contributed by atoms with van der Waals surface area (Å²) >= 11 is 0. The van der Waals surface area contributed by atoms with Crippen LogP contribution in [0, 0.1) is 19.8 Å². The Kier molecular flexibility index (Phi) is 5.80. The highest BCUT2D eigenvalue weighted by atomic mass is 16.2. The van der Waals surface area contributed by atoms with Crippen LogP contribution in [0.2, 0.25) is 0 Å². The predicted molar refractivity (Wildman–Crippen MR) is 93.5 cm³/mol. The number of rotatable bonds is 4. The molecule has 0 aromatic heterocycles. The van der Waals surface area contributed by atoms with Crippen LogP contribution >= 0.6 is 0 Å². The van der Waals surface area contributed by atoms with Crippen LogP contribution in [0.4, 0.5) is 5.69 Å². The first kappa shape index (κ1) is 17.5. The number of aryl methyl sites for hydroxylation is 2. The average Bonchev–Trinajstić information content (AvgIpc) is 2.49. The van der Waals surface area contributed by atoms with E-state index in [0.29, 0.717) is 18.9 Å². The Labute approximate surface area is 139 Å². The van der Waals surface area contributed by atoms with Gasteiger partial charge in [-0.25, -0.2) is 0 Å². The van der Waals surface area contributed by atoms with E-state index in [9.17, 15) is 9.59 Å². The Balaban J connectivity index is 2.00. The number of benzene rings is 1. The van der Waals surface area contributed by atoms with Crippen molar-refractivity contribution in [1.82, 2.24) is 4.90 Å². The molecule has 1 fully saturated rings. The maximum atomic E-state index is 12.4. The molecule has 0 saturated carbocycles. The van der Waals surface area contributed by atoms with Crippen LogP contribution < -0.4 is 4.90 Å². The monoisotopic (exact) mass is 316 g/mol. The Morgan fingerprint density at radius 3 is 2.43 bits per heavy atom. The Bertz CT molecular complexity index is 575. The number of hydrogen-bond acceptors (Lipinski definition) is 2. The number of likely N-dealkylation sites (tertiary alicyclic amines) is 1. The van der Waals surface area contributed by atoms with E-state index < -0.39 is 0 Å². The van der Waals surface area contributed by atoms with Gasteiger partial charge in [0.1, 0.15) is 0 Å². The Morgan fingerprint density at radius 1 is 1.22 bits per heavy atom. The molecule has 4 nitrogen and oxygen atoms in total. The number of hydrogen-bond donors (Lipinski definition) is 0. The third-order valence-electron chi connectivity index (χ3n) is 4.71. The molecule has 0 bridgehead atoms. The Hall–Kier alpha value is -1.84. The van der Waals surface area contributed by atoms with Crippen LogP contribution in [-0.2, 0) is 9.59 Å². The van der Waals surface area contributed by atoms with E-state index >= 15 is 0 Å². The molecule has 0 unspecified atom stereocenters. The molecule has 0 spiro atoms. The summed E-state index contributed by atoms with van der Waals surface area (Å²) in [7, 11) is 0. The zero-order chi connectivity index (χ0) is 17.0. The van der Waals surface area contributed by atoms with Crippen LogP contribution in [0.5, 0.6) is 0 Å². The molecule has 2 amide bonds. The molecule has 0 aliphatic carbocycles. The summed E-state index contributed by atoms with van der Waals surface area (Å²) in [6, 6.07) is 6.05. The minimum atomic E-state index is -0.0166. The zero-order valence-corrected chi connectivity index (χ0v) is 14.8. The van der Waals surface area contributed by atoms with E-state index in [1.807, 2.05) is 30.9 Å². The predicted octanol–water partition coefficient (Wildman–Crippen LogP) is 3.30. The molecule has 1 aromatic rings. The summed E-state index contributed by atoms with van der Waals surface area (Å²) in [5.74, 6) is 0.855. The van der Waals surface area contributed by atoms with Crippen molar-refractivity contribution in [2.45, 2.75) is 47.0 Å². The van der Waals surface area contributed by atoms with Gasteiger partial charge in [0.25, 0.3) is 0 Å². The standard InChI is InChI=1S/C19H28N2O2/c1-14-7-10-20(11-8-14)19(23)9-12-21(17(4)22)18-6-5-15(2)13-16(18)3/h5-6,13-14H,7-12H2,1-4H3. The molecule has 0 N–H and O–H groups in total. The highest BCUT2D eigenvalue weighted by Crippen LogP contribution is 2.22. The van der Waals surface area contributed by atoms with Crippen molar-refractivity contribution in [1.29, 1.82) is 0 Å². The first-order valence-corrected chi connectivity index (χ1v) is 8.51. The van der Waals surface area contributed by atoms with Crippen LogP contribution in [0.15, 0.2) is 18.2 Å². The molecule has 0 radical (unpaired) electrons. The third-order valence-corrected chi connectivity index (χ3v) is 4.71.